The average Bonchev–Trinajstić information content (AvgIpc) is 2.54. The zero-order valence-corrected chi connectivity index (χ0v) is 14.8. The Morgan fingerprint density at radius 3 is 2.79 bits per heavy atom. The maximum atomic E-state index is 12.4. The van der Waals surface area contributed by atoms with Gasteiger partial charge in [0.2, 0.25) is 11.8 Å². The van der Waals surface area contributed by atoms with E-state index in [1.807, 2.05) is 4.90 Å². The summed E-state index contributed by atoms with van der Waals surface area (Å²) in [5.74, 6) is 0.718. The number of piperidine rings is 1. The van der Waals surface area contributed by atoms with Crippen molar-refractivity contribution in [3.05, 3.63) is 29.8 Å². The molecular weight excluding hydrogens is 330 g/mol. The van der Waals surface area contributed by atoms with Crippen LogP contribution in [0.2, 0.25) is 0 Å². The molecule has 2 unspecified atom stereocenters. The van der Waals surface area contributed by atoms with E-state index in [1.54, 1.807) is 24.3 Å². The van der Waals surface area contributed by atoms with E-state index in [2.05, 4.69) is 6.92 Å². The molecule has 1 saturated heterocycles. The number of carbonyl (C=O) groups is 2. The van der Waals surface area contributed by atoms with Crippen LogP contribution in [-0.2, 0) is 4.79 Å². The highest BCUT2D eigenvalue weighted by Crippen LogP contribution is 2.22. The number of primary amides is 1. The van der Waals surface area contributed by atoms with Crippen molar-refractivity contribution < 1.29 is 14.3 Å². The highest BCUT2D eigenvalue weighted by Gasteiger charge is 2.28. The topological polar surface area (TPSA) is 98.6 Å². The van der Waals surface area contributed by atoms with Gasteiger partial charge in [0.15, 0.2) is 0 Å². The van der Waals surface area contributed by atoms with E-state index in [-0.39, 0.29) is 31.0 Å². The van der Waals surface area contributed by atoms with Gasteiger partial charge in [-0.15, -0.1) is 12.4 Å². The Balaban J connectivity index is 0.00000288. The highest BCUT2D eigenvalue weighted by molar-refractivity contribution is 5.93. The van der Waals surface area contributed by atoms with E-state index in [0.29, 0.717) is 30.2 Å². The van der Waals surface area contributed by atoms with Gasteiger partial charge in [0.1, 0.15) is 5.75 Å². The minimum absolute atomic E-state index is 0. The summed E-state index contributed by atoms with van der Waals surface area (Å²) in [6.45, 7) is 3.72. The fourth-order valence-corrected chi connectivity index (χ4v) is 2.94. The summed E-state index contributed by atoms with van der Waals surface area (Å²) in [5, 5.41) is 0. The van der Waals surface area contributed by atoms with Crippen LogP contribution in [0.15, 0.2) is 24.3 Å². The minimum atomic E-state index is -0.500. The van der Waals surface area contributed by atoms with Gasteiger partial charge in [-0.05, 0) is 37.0 Å². The van der Waals surface area contributed by atoms with Gasteiger partial charge in [0.05, 0.1) is 13.0 Å². The lowest BCUT2D eigenvalue weighted by Crippen LogP contribution is -2.49. The number of carbonyl (C=O) groups excluding carboxylic acids is 2. The van der Waals surface area contributed by atoms with Crippen molar-refractivity contribution >= 4 is 24.2 Å². The molecule has 2 amide bonds. The second kappa shape index (κ2) is 9.49. The average molecular weight is 356 g/mol. The maximum absolute atomic E-state index is 12.4. The first-order valence-corrected chi connectivity index (χ1v) is 8.03. The molecule has 6 nitrogen and oxygen atoms in total. The van der Waals surface area contributed by atoms with Gasteiger partial charge in [-0.3, -0.25) is 9.59 Å². The summed E-state index contributed by atoms with van der Waals surface area (Å²) in [6, 6.07) is 6.78. The zero-order valence-electron chi connectivity index (χ0n) is 13.9. The monoisotopic (exact) mass is 355 g/mol. The molecule has 0 spiro atoms. The highest BCUT2D eigenvalue weighted by atomic mass is 35.5. The van der Waals surface area contributed by atoms with Gasteiger partial charge in [-0.25, -0.2) is 0 Å². The van der Waals surface area contributed by atoms with E-state index in [9.17, 15) is 9.59 Å². The third kappa shape index (κ3) is 5.39. The van der Waals surface area contributed by atoms with Gasteiger partial charge in [-0.2, -0.15) is 0 Å². The SMILES string of the molecule is CC1CCN(C(=O)CCOc2cccc(C(N)=O)c2)C(CN)C1.Cl. The Hall–Kier alpha value is -1.79. The molecule has 2 rings (SSSR count). The molecule has 0 bridgehead atoms. The number of hydrogen-bond acceptors (Lipinski definition) is 4. The molecule has 1 aliphatic rings. The molecule has 24 heavy (non-hydrogen) atoms. The van der Waals surface area contributed by atoms with Crippen LogP contribution >= 0.6 is 12.4 Å². The lowest BCUT2D eigenvalue weighted by molar-refractivity contribution is -0.135. The molecule has 1 heterocycles. The van der Waals surface area contributed by atoms with E-state index >= 15 is 0 Å². The van der Waals surface area contributed by atoms with Crippen molar-refractivity contribution in [2.75, 3.05) is 19.7 Å². The fourth-order valence-electron chi connectivity index (χ4n) is 2.94. The van der Waals surface area contributed by atoms with Crippen LogP contribution in [0.25, 0.3) is 0 Å². The molecule has 1 aliphatic heterocycles. The van der Waals surface area contributed by atoms with E-state index in [0.717, 1.165) is 19.4 Å². The number of nitrogens with zero attached hydrogens (tertiary/aromatic N) is 1. The van der Waals surface area contributed by atoms with Crippen LogP contribution in [0.5, 0.6) is 5.75 Å². The first-order chi connectivity index (χ1) is 11.0. The van der Waals surface area contributed by atoms with Crippen LogP contribution < -0.4 is 16.2 Å². The Morgan fingerprint density at radius 1 is 1.38 bits per heavy atom. The number of nitrogens with two attached hydrogens (primary N) is 2. The molecule has 1 aromatic carbocycles. The molecule has 1 fully saturated rings. The van der Waals surface area contributed by atoms with Gasteiger partial charge >= 0.3 is 0 Å². The molecule has 7 heteroatoms. The quantitative estimate of drug-likeness (QED) is 0.808. The molecule has 0 aromatic heterocycles. The standard InChI is InChI=1S/C17H25N3O3.ClH/c1-12-5-7-20(14(9-12)11-18)16(21)6-8-23-15-4-2-3-13(10-15)17(19)22;/h2-4,10,12,14H,5-9,11,18H2,1H3,(H2,19,22);1H. The summed E-state index contributed by atoms with van der Waals surface area (Å²) in [5.41, 5.74) is 11.4. The summed E-state index contributed by atoms with van der Waals surface area (Å²) in [7, 11) is 0. The molecule has 0 saturated carbocycles. The van der Waals surface area contributed by atoms with Crippen molar-refractivity contribution in [1.82, 2.24) is 4.90 Å². The van der Waals surface area contributed by atoms with Crippen LogP contribution in [-0.4, -0.2) is 42.5 Å². The van der Waals surface area contributed by atoms with Crippen LogP contribution in [0, 0.1) is 5.92 Å². The van der Waals surface area contributed by atoms with Gasteiger partial charge in [0, 0.05) is 24.7 Å². The maximum Gasteiger partial charge on any atom is 0.248 e. The molecular formula is C17H26ClN3O3. The van der Waals surface area contributed by atoms with Crippen molar-refractivity contribution in [3.63, 3.8) is 0 Å². The van der Waals surface area contributed by atoms with Gasteiger partial charge < -0.3 is 21.1 Å². The number of halogens is 1. The van der Waals surface area contributed by atoms with Gasteiger partial charge in [0.25, 0.3) is 0 Å². The first-order valence-electron chi connectivity index (χ1n) is 8.03. The molecule has 4 N–H and O–H groups in total. The predicted molar refractivity (Wildman–Crippen MR) is 95.3 cm³/mol. The molecule has 134 valence electrons. The first kappa shape index (κ1) is 20.3. The number of hydrogen-bond donors (Lipinski definition) is 2. The second-order valence-electron chi connectivity index (χ2n) is 6.10. The zero-order chi connectivity index (χ0) is 16.8. The molecule has 0 aliphatic carbocycles. The Bertz CT molecular complexity index is 568. The Labute approximate surface area is 148 Å². The summed E-state index contributed by atoms with van der Waals surface area (Å²) in [6.07, 6.45) is 2.28. The second-order valence-corrected chi connectivity index (χ2v) is 6.10. The van der Waals surface area contributed by atoms with Crippen molar-refractivity contribution in [3.8, 4) is 5.75 Å². The van der Waals surface area contributed by atoms with Crippen LogP contribution in [0.4, 0.5) is 0 Å². The number of ether oxygens (including phenoxy) is 1. The van der Waals surface area contributed by atoms with Crippen LogP contribution in [0.1, 0.15) is 36.5 Å². The number of amides is 2. The Morgan fingerprint density at radius 2 is 2.12 bits per heavy atom. The number of benzene rings is 1. The smallest absolute Gasteiger partial charge is 0.248 e. The lowest BCUT2D eigenvalue weighted by atomic mass is 9.92. The van der Waals surface area contributed by atoms with Gasteiger partial charge in [-0.1, -0.05) is 13.0 Å². The van der Waals surface area contributed by atoms with E-state index in [1.165, 1.54) is 0 Å². The van der Waals surface area contributed by atoms with Crippen LogP contribution in [0.3, 0.4) is 0 Å². The normalized spacial score (nSPS) is 20.2. The third-order valence-corrected chi connectivity index (χ3v) is 4.27. The summed E-state index contributed by atoms with van der Waals surface area (Å²) < 4.78 is 5.56. The van der Waals surface area contributed by atoms with E-state index < -0.39 is 5.91 Å². The molecule has 2 atom stereocenters. The van der Waals surface area contributed by atoms with Crippen molar-refractivity contribution in [2.24, 2.45) is 17.4 Å². The number of rotatable bonds is 6. The van der Waals surface area contributed by atoms with Crippen molar-refractivity contribution in [2.45, 2.75) is 32.2 Å². The van der Waals surface area contributed by atoms with E-state index in [4.69, 9.17) is 16.2 Å². The van der Waals surface area contributed by atoms with Crippen molar-refractivity contribution in [1.29, 1.82) is 0 Å². The molecule has 1 aromatic rings. The molecule has 0 radical (unpaired) electrons. The minimum Gasteiger partial charge on any atom is -0.493 e. The number of likely N-dealkylation sites (tertiary alicyclic amines) is 1. The largest absolute Gasteiger partial charge is 0.493 e. The summed E-state index contributed by atoms with van der Waals surface area (Å²) >= 11 is 0. The Kier molecular flexibility index (Phi) is 8.01. The summed E-state index contributed by atoms with van der Waals surface area (Å²) in [4.78, 5) is 25.4. The lowest BCUT2D eigenvalue weighted by Gasteiger charge is -2.38. The predicted octanol–water partition coefficient (Wildman–Crippen LogP) is 1.56. The third-order valence-electron chi connectivity index (χ3n) is 4.27. The fraction of sp³-hybridized carbons (Fsp3) is 0.529.